The third kappa shape index (κ3) is 3.58. The third-order valence-corrected chi connectivity index (χ3v) is 5.07. The second-order valence-electron chi connectivity index (χ2n) is 6.89. The number of aromatic amines is 1. The van der Waals surface area contributed by atoms with E-state index < -0.39 is 6.10 Å². The van der Waals surface area contributed by atoms with E-state index in [4.69, 9.17) is 9.47 Å². The molecule has 1 aliphatic heterocycles. The summed E-state index contributed by atoms with van der Waals surface area (Å²) in [7, 11) is 0. The van der Waals surface area contributed by atoms with Gasteiger partial charge >= 0.3 is 0 Å². The summed E-state index contributed by atoms with van der Waals surface area (Å²) in [6.45, 7) is 4.56. The molecule has 0 aliphatic carbocycles. The smallest absolute Gasteiger partial charge is 0.268 e. The number of nitrogens with zero attached hydrogens (tertiary/aromatic N) is 2. The maximum atomic E-state index is 13.4. The van der Waals surface area contributed by atoms with Crippen LogP contribution in [0.5, 0.6) is 11.5 Å². The van der Waals surface area contributed by atoms with Crippen molar-refractivity contribution in [2.45, 2.75) is 32.5 Å². The number of amides is 1. The van der Waals surface area contributed by atoms with E-state index in [2.05, 4.69) is 9.97 Å². The standard InChI is InChI=1S/C22H23N3O3/c1-15-18(24-14-23-15)12-25(16(2)17-8-4-3-5-9-17)22(26)21-13-27-19-10-6-7-11-20(19)28-21/h3-11,14,16,21H,12-13H2,1-2H3,(H,23,24)/t16-,21-/m1/s1. The molecular formula is C22H23N3O3. The molecular weight excluding hydrogens is 354 g/mol. The second-order valence-corrected chi connectivity index (χ2v) is 6.89. The fraction of sp³-hybridized carbons (Fsp3) is 0.273. The Morgan fingerprint density at radius 3 is 2.61 bits per heavy atom. The molecule has 28 heavy (non-hydrogen) atoms. The lowest BCUT2D eigenvalue weighted by Gasteiger charge is -2.34. The van der Waals surface area contributed by atoms with Crippen molar-refractivity contribution in [2.75, 3.05) is 6.61 Å². The molecule has 1 amide bonds. The molecule has 2 atom stereocenters. The maximum Gasteiger partial charge on any atom is 0.268 e. The van der Waals surface area contributed by atoms with Gasteiger partial charge in [-0.25, -0.2) is 4.98 Å². The molecule has 0 radical (unpaired) electrons. The fourth-order valence-electron chi connectivity index (χ4n) is 3.35. The number of para-hydroxylation sites is 2. The number of aromatic nitrogens is 2. The number of fused-ring (bicyclic) bond motifs is 1. The predicted molar refractivity (Wildman–Crippen MR) is 105 cm³/mol. The first kappa shape index (κ1) is 18.1. The van der Waals surface area contributed by atoms with Crippen molar-refractivity contribution in [1.29, 1.82) is 0 Å². The molecule has 0 saturated carbocycles. The number of rotatable bonds is 5. The van der Waals surface area contributed by atoms with Crippen LogP contribution < -0.4 is 9.47 Å². The van der Waals surface area contributed by atoms with Crippen molar-refractivity contribution in [2.24, 2.45) is 0 Å². The van der Waals surface area contributed by atoms with E-state index in [0.29, 0.717) is 18.0 Å². The molecule has 144 valence electrons. The Kier molecular flexibility index (Phi) is 5.02. The fourth-order valence-corrected chi connectivity index (χ4v) is 3.35. The molecule has 0 bridgehead atoms. The van der Waals surface area contributed by atoms with Gasteiger partial charge in [-0.15, -0.1) is 0 Å². The Bertz CT molecular complexity index is 954. The van der Waals surface area contributed by atoms with Crippen LogP contribution in [0.25, 0.3) is 0 Å². The van der Waals surface area contributed by atoms with Gasteiger partial charge in [0, 0.05) is 5.69 Å². The Balaban J connectivity index is 1.61. The molecule has 0 saturated heterocycles. The number of hydrogen-bond acceptors (Lipinski definition) is 4. The van der Waals surface area contributed by atoms with Crippen LogP contribution in [-0.4, -0.2) is 33.5 Å². The van der Waals surface area contributed by atoms with Crippen molar-refractivity contribution < 1.29 is 14.3 Å². The first-order chi connectivity index (χ1) is 13.6. The summed E-state index contributed by atoms with van der Waals surface area (Å²) in [5.74, 6) is 1.14. The van der Waals surface area contributed by atoms with Gasteiger partial charge in [-0.3, -0.25) is 4.79 Å². The van der Waals surface area contributed by atoms with E-state index in [9.17, 15) is 4.79 Å². The van der Waals surface area contributed by atoms with E-state index in [1.807, 2.05) is 68.4 Å². The van der Waals surface area contributed by atoms with Crippen molar-refractivity contribution >= 4 is 5.91 Å². The van der Waals surface area contributed by atoms with Gasteiger partial charge in [0.25, 0.3) is 5.91 Å². The zero-order valence-corrected chi connectivity index (χ0v) is 16.0. The molecule has 1 aromatic heterocycles. The number of benzene rings is 2. The average Bonchev–Trinajstić information content (AvgIpc) is 3.15. The molecule has 3 aromatic rings. The Morgan fingerprint density at radius 2 is 1.89 bits per heavy atom. The highest BCUT2D eigenvalue weighted by atomic mass is 16.6. The summed E-state index contributed by atoms with van der Waals surface area (Å²) in [6.07, 6.45) is 0.956. The first-order valence-corrected chi connectivity index (χ1v) is 9.36. The second kappa shape index (κ2) is 7.76. The van der Waals surface area contributed by atoms with E-state index in [0.717, 1.165) is 17.0 Å². The average molecular weight is 377 g/mol. The largest absolute Gasteiger partial charge is 0.485 e. The zero-order valence-electron chi connectivity index (χ0n) is 16.0. The van der Waals surface area contributed by atoms with E-state index in [-0.39, 0.29) is 18.6 Å². The molecule has 0 unspecified atom stereocenters. The summed E-state index contributed by atoms with van der Waals surface area (Å²) in [6, 6.07) is 17.2. The van der Waals surface area contributed by atoms with Gasteiger partial charge in [0.15, 0.2) is 11.5 Å². The minimum absolute atomic E-state index is 0.117. The molecule has 2 heterocycles. The van der Waals surface area contributed by atoms with E-state index >= 15 is 0 Å². The maximum absolute atomic E-state index is 13.4. The minimum Gasteiger partial charge on any atom is -0.485 e. The van der Waals surface area contributed by atoms with Crippen LogP contribution in [0.3, 0.4) is 0 Å². The van der Waals surface area contributed by atoms with E-state index in [1.165, 1.54) is 0 Å². The highest BCUT2D eigenvalue weighted by Crippen LogP contribution is 2.32. The molecule has 4 rings (SSSR count). The van der Waals surface area contributed by atoms with Gasteiger partial charge in [0.2, 0.25) is 6.10 Å². The van der Waals surface area contributed by atoms with Crippen LogP contribution in [0.4, 0.5) is 0 Å². The number of carbonyl (C=O) groups excluding carboxylic acids is 1. The summed E-state index contributed by atoms with van der Waals surface area (Å²) >= 11 is 0. The number of aryl methyl sites for hydroxylation is 1. The number of H-pyrrole nitrogens is 1. The van der Waals surface area contributed by atoms with Gasteiger partial charge in [-0.05, 0) is 31.5 Å². The minimum atomic E-state index is -0.694. The quantitative estimate of drug-likeness (QED) is 0.737. The molecule has 0 spiro atoms. The Hall–Kier alpha value is -3.28. The lowest BCUT2D eigenvalue weighted by molar-refractivity contribution is -0.144. The number of nitrogens with one attached hydrogen (secondary N) is 1. The monoisotopic (exact) mass is 377 g/mol. The van der Waals surface area contributed by atoms with Crippen LogP contribution in [0.1, 0.15) is 29.9 Å². The topological polar surface area (TPSA) is 67.5 Å². The molecule has 0 fully saturated rings. The van der Waals surface area contributed by atoms with Crippen LogP contribution in [0.2, 0.25) is 0 Å². The first-order valence-electron chi connectivity index (χ1n) is 9.36. The van der Waals surface area contributed by atoms with Gasteiger partial charge < -0.3 is 19.4 Å². The normalized spacial score (nSPS) is 16.4. The Morgan fingerprint density at radius 1 is 1.18 bits per heavy atom. The van der Waals surface area contributed by atoms with Crippen molar-refractivity contribution in [1.82, 2.24) is 14.9 Å². The lowest BCUT2D eigenvalue weighted by atomic mass is 10.1. The number of carbonyl (C=O) groups is 1. The van der Waals surface area contributed by atoms with Crippen molar-refractivity contribution in [3.8, 4) is 11.5 Å². The Labute approximate surface area is 164 Å². The molecule has 1 aliphatic rings. The SMILES string of the molecule is Cc1[nH]cnc1CN(C(=O)[C@H]1COc2ccccc2O1)[C@H](C)c1ccccc1. The summed E-state index contributed by atoms with van der Waals surface area (Å²) in [5, 5.41) is 0. The highest BCUT2D eigenvalue weighted by Gasteiger charge is 2.34. The lowest BCUT2D eigenvalue weighted by Crippen LogP contribution is -2.47. The summed E-state index contributed by atoms with van der Waals surface area (Å²) in [4.78, 5) is 22.7. The number of imidazole rings is 1. The van der Waals surface area contributed by atoms with Crippen LogP contribution in [0.15, 0.2) is 60.9 Å². The molecule has 6 heteroatoms. The van der Waals surface area contributed by atoms with Gasteiger partial charge in [0.1, 0.15) is 6.61 Å². The summed E-state index contributed by atoms with van der Waals surface area (Å²) < 4.78 is 11.7. The summed E-state index contributed by atoms with van der Waals surface area (Å²) in [5.41, 5.74) is 2.85. The van der Waals surface area contributed by atoms with Crippen LogP contribution in [0, 0.1) is 6.92 Å². The van der Waals surface area contributed by atoms with Gasteiger partial charge in [0.05, 0.1) is 24.6 Å². The van der Waals surface area contributed by atoms with Crippen LogP contribution in [-0.2, 0) is 11.3 Å². The number of hydrogen-bond donors (Lipinski definition) is 1. The molecule has 6 nitrogen and oxygen atoms in total. The van der Waals surface area contributed by atoms with E-state index in [1.54, 1.807) is 11.2 Å². The van der Waals surface area contributed by atoms with Crippen molar-refractivity contribution in [3.63, 3.8) is 0 Å². The third-order valence-electron chi connectivity index (χ3n) is 5.07. The highest BCUT2D eigenvalue weighted by molar-refractivity contribution is 5.82. The van der Waals surface area contributed by atoms with Crippen LogP contribution >= 0.6 is 0 Å². The van der Waals surface area contributed by atoms with Gasteiger partial charge in [-0.1, -0.05) is 42.5 Å². The van der Waals surface area contributed by atoms with Crippen molar-refractivity contribution in [3.05, 3.63) is 77.9 Å². The number of ether oxygens (including phenoxy) is 2. The molecule has 1 N–H and O–H groups in total. The predicted octanol–water partition coefficient (Wildman–Crippen LogP) is 3.65. The molecule has 2 aromatic carbocycles. The van der Waals surface area contributed by atoms with Gasteiger partial charge in [-0.2, -0.15) is 0 Å². The zero-order chi connectivity index (χ0) is 19.5.